The number of hydrogen-bond acceptors (Lipinski definition) is 4. The third-order valence-electron chi connectivity index (χ3n) is 1.48. The van der Waals surface area contributed by atoms with Crippen LogP contribution < -0.4 is 0 Å². The fourth-order valence-corrected chi connectivity index (χ4v) is 0.984. The minimum Gasteiger partial charge on any atom is -0.358 e. The Labute approximate surface area is 69.3 Å². The summed E-state index contributed by atoms with van der Waals surface area (Å²) in [7, 11) is 0. The fraction of sp³-hybridized carbons (Fsp3) is 0.667. The Hall–Kier alpha value is -1.46. The predicted octanol–water partition coefficient (Wildman–Crippen LogP) is 0.905. The maximum atomic E-state index is 10.5. The molecule has 0 spiro atoms. The molecule has 66 valence electrons. The van der Waals surface area contributed by atoms with Gasteiger partial charge in [-0.05, 0) is 18.3 Å². The molecular weight excluding hydrogens is 160 g/mol. The molecule has 0 saturated heterocycles. The minimum atomic E-state index is -0.453. The van der Waals surface area contributed by atoms with E-state index in [4.69, 9.17) is 0 Å². The number of nitro groups is 1. The summed E-state index contributed by atoms with van der Waals surface area (Å²) in [6.07, 6.45) is 0.809. The van der Waals surface area contributed by atoms with Gasteiger partial charge >= 0.3 is 5.82 Å². The van der Waals surface area contributed by atoms with Gasteiger partial charge in [-0.2, -0.15) is 0 Å². The molecule has 12 heavy (non-hydrogen) atoms. The van der Waals surface area contributed by atoms with E-state index in [1.807, 2.05) is 6.92 Å². The highest BCUT2D eigenvalue weighted by Crippen LogP contribution is 2.13. The van der Waals surface area contributed by atoms with Crippen molar-refractivity contribution in [2.75, 3.05) is 0 Å². The summed E-state index contributed by atoms with van der Waals surface area (Å²) in [4.78, 5) is 10.0. The summed E-state index contributed by atoms with van der Waals surface area (Å²) in [6.45, 7) is 4.05. The number of aromatic nitrogens is 3. The Kier molecular flexibility index (Phi) is 2.37. The van der Waals surface area contributed by atoms with Gasteiger partial charge in [-0.3, -0.25) is 0 Å². The van der Waals surface area contributed by atoms with Crippen LogP contribution in [-0.4, -0.2) is 19.9 Å². The van der Waals surface area contributed by atoms with Gasteiger partial charge in [-0.1, -0.05) is 6.92 Å². The Morgan fingerprint density at radius 1 is 1.67 bits per heavy atom. The lowest BCUT2D eigenvalue weighted by Gasteiger charge is -1.95. The standard InChI is InChI=1S/C6H10N4O2/c1-3-4-9-6(10(11)12)5(2)7-8-9/h3-4H2,1-2H3. The Bertz CT molecular complexity index is 294. The lowest BCUT2D eigenvalue weighted by molar-refractivity contribution is -0.393. The molecule has 1 heterocycles. The van der Waals surface area contributed by atoms with Gasteiger partial charge in [0.25, 0.3) is 0 Å². The average Bonchev–Trinajstić information content (AvgIpc) is 2.32. The second kappa shape index (κ2) is 3.29. The highest BCUT2D eigenvalue weighted by atomic mass is 16.6. The smallest absolute Gasteiger partial charge is 0.358 e. The van der Waals surface area contributed by atoms with Crippen LogP contribution in [-0.2, 0) is 6.54 Å². The first kappa shape index (κ1) is 8.63. The van der Waals surface area contributed by atoms with Crippen LogP contribution in [0.4, 0.5) is 5.82 Å². The average molecular weight is 170 g/mol. The zero-order chi connectivity index (χ0) is 9.14. The third-order valence-corrected chi connectivity index (χ3v) is 1.48. The quantitative estimate of drug-likeness (QED) is 0.499. The zero-order valence-corrected chi connectivity index (χ0v) is 7.02. The Morgan fingerprint density at radius 3 is 2.83 bits per heavy atom. The van der Waals surface area contributed by atoms with Crippen molar-refractivity contribution >= 4 is 5.82 Å². The molecule has 6 nitrogen and oxygen atoms in total. The topological polar surface area (TPSA) is 73.8 Å². The molecule has 0 radical (unpaired) electrons. The van der Waals surface area contributed by atoms with Gasteiger partial charge in [0.15, 0.2) is 5.69 Å². The van der Waals surface area contributed by atoms with E-state index in [9.17, 15) is 10.1 Å². The molecule has 0 amide bonds. The van der Waals surface area contributed by atoms with E-state index in [2.05, 4.69) is 10.3 Å². The van der Waals surface area contributed by atoms with E-state index in [1.165, 1.54) is 4.68 Å². The number of hydrogen-bond donors (Lipinski definition) is 0. The van der Waals surface area contributed by atoms with Crippen LogP contribution in [0.25, 0.3) is 0 Å². The van der Waals surface area contributed by atoms with Crippen LogP contribution in [0.3, 0.4) is 0 Å². The molecule has 0 saturated carbocycles. The summed E-state index contributed by atoms with van der Waals surface area (Å²) in [5, 5.41) is 17.8. The van der Waals surface area contributed by atoms with Crippen molar-refractivity contribution in [3.8, 4) is 0 Å². The summed E-state index contributed by atoms with van der Waals surface area (Å²) in [5.74, 6) is -0.00292. The maximum absolute atomic E-state index is 10.5. The molecule has 0 aromatic carbocycles. The highest BCUT2D eigenvalue weighted by molar-refractivity contribution is 5.23. The molecule has 0 atom stereocenters. The minimum absolute atomic E-state index is 0.00292. The SMILES string of the molecule is CCCn1nnc(C)c1[N+](=O)[O-]. The lowest BCUT2D eigenvalue weighted by atomic mass is 10.4. The number of rotatable bonds is 3. The normalized spacial score (nSPS) is 10.2. The lowest BCUT2D eigenvalue weighted by Crippen LogP contribution is -2.04. The van der Waals surface area contributed by atoms with Crippen LogP contribution >= 0.6 is 0 Å². The van der Waals surface area contributed by atoms with Crippen molar-refractivity contribution < 1.29 is 4.92 Å². The summed E-state index contributed by atoms with van der Waals surface area (Å²) >= 11 is 0. The van der Waals surface area contributed by atoms with Crippen molar-refractivity contribution in [1.82, 2.24) is 15.0 Å². The Morgan fingerprint density at radius 2 is 2.33 bits per heavy atom. The number of nitrogens with zero attached hydrogens (tertiary/aromatic N) is 4. The number of aryl methyl sites for hydroxylation is 2. The van der Waals surface area contributed by atoms with Crippen LogP contribution in [0, 0.1) is 17.0 Å². The van der Waals surface area contributed by atoms with Crippen LogP contribution in [0.1, 0.15) is 19.0 Å². The first-order chi connectivity index (χ1) is 5.66. The van der Waals surface area contributed by atoms with Crippen LogP contribution in [0.15, 0.2) is 0 Å². The van der Waals surface area contributed by atoms with E-state index in [1.54, 1.807) is 6.92 Å². The summed E-state index contributed by atoms with van der Waals surface area (Å²) in [6, 6.07) is 0. The molecule has 0 aliphatic rings. The largest absolute Gasteiger partial charge is 0.368 e. The van der Waals surface area contributed by atoms with Crippen molar-refractivity contribution in [3.05, 3.63) is 15.8 Å². The molecule has 1 aromatic rings. The molecular formula is C6H10N4O2. The molecule has 0 unspecified atom stereocenters. The Balaban J connectivity index is 3.04. The molecule has 1 rings (SSSR count). The molecule has 6 heteroatoms. The van der Waals surface area contributed by atoms with Gasteiger partial charge in [0.05, 0.1) is 0 Å². The summed E-state index contributed by atoms with van der Waals surface area (Å²) < 4.78 is 1.31. The maximum Gasteiger partial charge on any atom is 0.368 e. The zero-order valence-electron chi connectivity index (χ0n) is 7.02. The van der Waals surface area contributed by atoms with Gasteiger partial charge in [0, 0.05) is 5.21 Å². The second-order valence-electron chi connectivity index (χ2n) is 2.48. The van der Waals surface area contributed by atoms with E-state index < -0.39 is 4.92 Å². The van der Waals surface area contributed by atoms with Crippen molar-refractivity contribution in [2.24, 2.45) is 0 Å². The van der Waals surface area contributed by atoms with Crippen LogP contribution in [0.2, 0.25) is 0 Å². The first-order valence-electron chi connectivity index (χ1n) is 3.71. The van der Waals surface area contributed by atoms with E-state index in [0.717, 1.165) is 6.42 Å². The van der Waals surface area contributed by atoms with Gasteiger partial charge in [0.1, 0.15) is 6.54 Å². The van der Waals surface area contributed by atoms with Gasteiger partial charge in [-0.25, -0.2) is 0 Å². The van der Waals surface area contributed by atoms with Gasteiger partial charge < -0.3 is 10.1 Å². The van der Waals surface area contributed by atoms with Crippen molar-refractivity contribution in [2.45, 2.75) is 26.8 Å². The molecule has 0 N–H and O–H groups in total. The fourth-order valence-electron chi connectivity index (χ4n) is 0.984. The monoisotopic (exact) mass is 170 g/mol. The van der Waals surface area contributed by atoms with E-state index in [0.29, 0.717) is 12.2 Å². The molecule has 0 aliphatic carbocycles. The molecule has 0 bridgehead atoms. The van der Waals surface area contributed by atoms with Crippen molar-refractivity contribution in [3.63, 3.8) is 0 Å². The summed E-state index contributed by atoms with van der Waals surface area (Å²) in [5.41, 5.74) is 0.369. The third kappa shape index (κ3) is 1.41. The molecule has 0 fully saturated rings. The van der Waals surface area contributed by atoms with Gasteiger partial charge in [0.2, 0.25) is 0 Å². The second-order valence-corrected chi connectivity index (χ2v) is 2.48. The van der Waals surface area contributed by atoms with E-state index in [-0.39, 0.29) is 5.82 Å². The van der Waals surface area contributed by atoms with E-state index >= 15 is 0 Å². The first-order valence-corrected chi connectivity index (χ1v) is 3.71. The highest BCUT2D eigenvalue weighted by Gasteiger charge is 2.19. The molecule has 1 aromatic heterocycles. The van der Waals surface area contributed by atoms with Crippen molar-refractivity contribution in [1.29, 1.82) is 0 Å². The van der Waals surface area contributed by atoms with Crippen LogP contribution in [0.5, 0.6) is 0 Å². The van der Waals surface area contributed by atoms with Gasteiger partial charge in [-0.15, -0.1) is 9.78 Å². The molecule has 0 aliphatic heterocycles. The predicted molar refractivity (Wildman–Crippen MR) is 41.7 cm³/mol.